The first-order valence-electron chi connectivity index (χ1n) is 15.7. The van der Waals surface area contributed by atoms with Crippen molar-refractivity contribution >= 4 is 91.1 Å². The average Bonchev–Trinajstić information content (AvgIpc) is 3.77. The molecular formula is C36H39Cl3N4O4. The van der Waals surface area contributed by atoms with Crippen molar-refractivity contribution in [1.82, 2.24) is 19.9 Å². The van der Waals surface area contributed by atoms with Crippen LogP contribution in [0.25, 0.3) is 44.4 Å². The molecule has 2 aliphatic heterocycles. The molecule has 8 bridgehead atoms. The van der Waals surface area contributed by atoms with Crippen LogP contribution in [0.15, 0.2) is 6.07 Å². The summed E-state index contributed by atoms with van der Waals surface area (Å²) in [7, 11) is 2.72. The summed E-state index contributed by atoms with van der Waals surface area (Å²) in [6.45, 7) is 12.2. The number of aryl methyl sites for hydroxylation is 4. The summed E-state index contributed by atoms with van der Waals surface area (Å²) in [5.74, 6) is -0.709. The SMILES string of the molecule is CCc1c(C)c2[nH]c1cc1[nH]c(c(C)c1CC)c(Cl)c1nc(c(Cl)c3nc(c2Cl)C(C)=C3CCC(=O)OC)C(CCC(=O)OC)=C1C. The number of H-pyrrole nitrogens is 2. The van der Waals surface area contributed by atoms with Gasteiger partial charge < -0.3 is 19.4 Å². The predicted molar refractivity (Wildman–Crippen MR) is 192 cm³/mol. The Hall–Kier alpha value is -3.59. The lowest BCUT2D eigenvalue weighted by Crippen LogP contribution is -2.01. The molecule has 0 aromatic carbocycles. The number of allylic oxidation sites excluding steroid dienone is 4. The molecule has 3 aromatic rings. The third-order valence-corrected chi connectivity index (χ3v) is 10.4. The number of ether oxygens (including phenoxy) is 2. The van der Waals surface area contributed by atoms with Gasteiger partial charge in [-0.2, -0.15) is 0 Å². The number of rotatable bonds is 8. The number of hydrogen-bond acceptors (Lipinski definition) is 6. The third-order valence-electron chi connectivity index (χ3n) is 9.34. The summed E-state index contributed by atoms with van der Waals surface area (Å²) in [5, 5.41) is 1.18. The predicted octanol–water partition coefficient (Wildman–Crippen LogP) is 9.78. The Morgan fingerprint density at radius 3 is 1.38 bits per heavy atom. The molecule has 0 saturated carbocycles. The number of carbonyl (C=O) groups excluding carboxylic acids is 2. The molecule has 0 radical (unpaired) electrons. The molecular weight excluding hydrogens is 659 g/mol. The molecule has 5 heterocycles. The first-order chi connectivity index (χ1) is 22.4. The third kappa shape index (κ3) is 6.12. The number of methoxy groups -OCH3 is 2. The number of hydrogen-bond donors (Lipinski definition) is 2. The largest absolute Gasteiger partial charge is 0.469 e. The molecule has 0 saturated heterocycles. The summed E-state index contributed by atoms with van der Waals surface area (Å²) in [6, 6.07) is 2.12. The minimum atomic E-state index is -0.354. The van der Waals surface area contributed by atoms with Gasteiger partial charge in [-0.25, -0.2) is 9.97 Å². The van der Waals surface area contributed by atoms with Crippen LogP contribution in [0, 0.1) is 13.8 Å². The van der Waals surface area contributed by atoms with Gasteiger partial charge in [0.15, 0.2) is 0 Å². The second-order valence-electron chi connectivity index (χ2n) is 11.8. The van der Waals surface area contributed by atoms with Crippen molar-refractivity contribution in [3.63, 3.8) is 0 Å². The summed E-state index contributed by atoms with van der Waals surface area (Å²) >= 11 is 21.8. The molecule has 47 heavy (non-hydrogen) atoms. The zero-order valence-electron chi connectivity index (χ0n) is 28.0. The van der Waals surface area contributed by atoms with Gasteiger partial charge in [-0.05, 0) is 104 Å². The number of aromatic amines is 2. The number of aromatic nitrogens is 4. The van der Waals surface area contributed by atoms with Crippen molar-refractivity contribution in [2.24, 2.45) is 0 Å². The highest BCUT2D eigenvalue weighted by molar-refractivity contribution is 6.38. The van der Waals surface area contributed by atoms with E-state index < -0.39 is 0 Å². The molecule has 0 spiro atoms. The highest BCUT2D eigenvalue weighted by Gasteiger charge is 2.29. The highest BCUT2D eigenvalue weighted by Crippen LogP contribution is 2.45. The maximum absolute atomic E-state index is 12.3. The Bertz CT molecular complexity index is 1910. The lowest BCUT2D eigenvalue weighted by molar-refractivity contribution is -0.141. The Morgan fingerprint density at radius 1 is 0.660 bits per heavy atom. The van der Waals surface area contributed by atoms with Crippen LogP contribution in [-0.4, -0.2) is 46.1 Å². The molecule has 3 aromatic heterocycles. The van der Waals surface area contributed by atoms with E-state index in [2.05, 4.69) is 43.7 Å². The maximum Gasteiger partial charge on any atom is 0.305 e. The van der Waals surface area contributed by atoms with Crippen molar-refractivity contribution in [3.05, 3.63) is 66.2 Å². The highest BCUT2D eigenvalue weighted by atomic mass is 35.5. The van der Waals surface area contributed by atoms with Crippen LogP contribution < -0.4 is 0 Å². The number of halogens is 3. The van der Waals surface area contributed by atoms with Crippen molar-refractivity contribution in [2.75, 3.05) is 14.2 Å². The fraction of sp³-hybridized carbons (Fsp3) is 0.389. The van der Waals surface area contributed by atoms with E-state index in [1.54, 1.807) is 0 Å². The van der Waals surface area contributed by atoms with Gasteiger partial charge in [-0.15, -0.1) is 0 Å². The van der Waals surface area contributed by atoms with Gasteiger partial charge in [0.05, 0.1) is 63.1 Å². The van der Waals surface area contributed by atoms with Crippen LogP contribution in [0.5, 0.6) is 0 Å². The van der Waals surface area contributed by atoms with Crippen molar-refractivity contribution in [3.8, 4) is 0 Å². The molecule has 0 unspecified atom stereocenters. The van der Waals surface area contributed by atoms with Gasteiger partial charge in [0.2, 0.25) is 0 Å². The number of fused-ring (bicyclic) bond motifs is 8. The smallest absolute Gasteiger partial charge is 0.305 e. The summed E-state index contributed by atoms with van der Waals surface area (Å²) in [5.41, 5.74) is 12.9. The molecule has 0 fully saturated rings. The number of nitrogens with zero attached hydrogens (tertiary/aromatic N) is 2. The topological polar surface area (TPSA) is 110 Å². The lowest BCUT2D eigenvalue weighted by atomic mass is 9.98. The van der Waals surface area contributed by atoms with Crippen LogP contribution in [0.3, 0.4) is 0 Å². The molecule has 248 valence electrons. The van der Waals surface area contributed by atoms with E-state index in [1.807, 2.05) is 13.8 Å². The van der Waals surface area contributed by atoms with E-state index in [9.17, 15) is 9.59 Å². The average molecular weight is 698 g/mol. The Kier molecular flexibility index (Phi) is 10.3. The Morgan fingerprint density at radius 2 is 1.04 bits per heavy atom. The van der Waals surface area contributed by atoms with Crippen molar-refractivity contribution < 1.29 is 19.1 Å². The second-order valence-corrected chi connectivity index (χ2v) is 12.9. The van der Waals surface area contributed by atoms with Gasteiger partial charge in [-0.1, -0.05) is 48.7 Å². The van der Waals surface area contributed by atoms with Crippen molar-refractivity contribution in [1.29, 1.82) is 0 Å². The van der Waals surface area contributed by atoms with E-state index in [0.29, 0.717) is 45.7 Å². The van der Waals surface area contributed by atoms with Gasteiger partial charge in [0, 0.05) is 23.9 Å². The van der Waals surface area contributed by atoms with Crippen LogP contribution in [0.2, 0.25) is 15.1 Å². The quantitative estimate of drug-likeness (QED) is 0.227. The molecule has 5 rings (SSSR count). The van der Waals surface area contributed by atoms with Crippen LogP contribution in [-0.2, 0) is 31.9 Å². The van der Waals surface area contributed by atoms with Gasteiger partial charge in [0.1, 0.15) is 0 Å². The van der Waals surface area contributed by atoms with E-state index in [4.69, 9.17) is 54.2 Å². The first-order valence-corrected chi connectivity index (χ1v) is 16.8. The maximum atomic E-state index is 12.3. The van der Waals surface area contributed by atoms with E-state index in [-0.39, 0.29) is 29.8 Å². The fourth-order valence-corrected chi connectivity index (χ4v) is 7.69. The molecule has 0 amide bonds. The van der Waals surface area contributed by atoms with Crippen molar-refractivity contribution in [2.45, 2.75) is 80.1 Å². The van der Waals surface area contributed by atoms with Gasteiger partial charge in [-0.3, -0.25) is 9.59 Å². The van der Waals surface area contributed by atoms with Gasteiger partial charge in [0.25, 0.3) is 0 Å². The fourth-order valence-electron chi connectivity index (χ4n) is 6.63. The summed E-state index contributed by atoms with van der Waals surface area (Å²) in [6.07, 6.45) is 2.47. The summed E-state index contributed by atoms with van der Waals surface area (Å²) in [4.78, 5) is 41.8. The minimum absolute atomic E-state index is 0.124. The Labute approximate surface area is 289 Å². The Balaban J connectivity index is 2.00. The molecule has 8 nitrogen and oxygen atoms in total. The van der Waals surface area contributed by atoms with Gasteiger partial charge >= 0.3 is 11.9 Å². The zero-order valence-corrected chi connectivity index (χ0v) is 30.2. The van der Waals surface area contributed by atoms with E-state index in [1.165, 1.54) is 14.2 Å². The minimum Gasteiger partial charge on any atom is -0.469 e. The molecule has 0 aliphatic carbocycles. The second kappa shape index (κ2) is 13.9. The van der Waals surface area contributed by atoms with Crippen LogP contribution in [0.1, 0.15) is 98.4 Å². The van der Waals surface area contributed by atoms with Crippen LogP contribution in [0.4, 0.5) is 0 Å². The normalized spacial score (nSPS) is 13.1. The first kappa shape index (κ1) is 34.7. The number of esters is 2. The monoisotopic (exact) mass is 696 g/mol. The zero-order chi connectivity index (χ0) is 34.3. The number of nitrogens with one attached hydrogen (secondary N) is 2. The van der Waals surface area contributed by atoms with E-state index in [0.717, 1.165) is 79.5 Å². The standard InChI is InChI=1S/C36H39Cl3N4O4/c1-9-20-16(3)31-28(37)33-18(5)22(11-13-26(44)46-7)35(42-33)30(39)36-23(12-14-27(45)47-8)19(6)34(43-36)29(38)32-17(4)21(10-2)25(41-32)15-24(20)40-31/h15,40-41H,9-14H2,1-8H3. The lowest BCUT2D eigenvalue weighted by Gasteiger charge is -2.09. The summed E-state index contributed by atoms with van der Waals surface area (Å²) < 4.78 is 9.89. The molecule has 11 heteroatoms. The molecule has 0 atom stereocenters. The van der Waals surface area contributed by atoms with E-state index >= 15 is 0 Å². The molecule has 2 N–H and O–H groups in total. The molecule has 2 aliphatic rings. The number of carbonyl (C=O) groups is 2. The van der Waals surface area contributed by atoms with Crippen LogP contribution >= 0.6 is 34.8 Å².